The minimum Gasteiger partial charge on any atom is -0.493 e. The second kappa shape index (κ2) is 10.6. The van der Waals surface area contributed by atoms with Crippen molar-refractivity contribution in [2.45, 2.75) is 18.9 Å². The third-order valence-electron chi connectivity index (χ3n) is 4.72. The molecule has 2 aromatic carbocycles. The van der Waals surface area contributed by atoms with Gasteiger partial charge in [0.25, 0.3) is 5.91 Å². The second-order valence-corrected chi connectivity index (χ2v) is 6.83. The number of anilines is 1. The van der Waals surface area contributed by atoms with Gasteiger partial charge in [0.1, 0.15) is 5.82 Å². The highest BCUT2D eigenvalue weighted by molar-refractivity contribution is 6.10. The van der Waals surface area contributed by atoms with E-state index in [2.05, 4.69) is 15.6 Å². The van der Waals surface area contributed by atoms with Gasteiger partial charge < -0.3 is 24.3 Å². The third kappa shape index (κ3) is 5.85. The molecular weight excluding hydrogens is 405 g/mol. The fourth-order valence-electron chi connectivity index (χ4n) is 3.19. The number of aliphatic imine (C=N–C) groups is 1. The Labute approximate surface area is 180 Å². The number of hydrogen-bond donors (Lipinski definition) is 2. The minimum atomic E-state index is -0.450. The van der Waals surface area contributed by atoms with Crippen LogP contribution in [0.2, 0.25) is 0 Å². The lowest BCUT2D eigenvalue weighted by molar-refractivity contribution is 0.0974. The average Bonchev–Trinajstić information content (AvgIpc) is 3.30. The zero-order valence-electron chi connectivity index (χ0n) is 17.7. The Morgan fingerprint density at radius 2 is 1.90 bits per heavy atom. The Balaban J connectivity index is 1.83. The van der Waals surface area contributed by atoms with Gasteiger partial charge in [-0.2, -0.15) is 0 Å². The van der Waals surface area contributed by atoms with Crippen LogP contribution < -0.4 is 24.8 Å². The van der Waals surface area contributed by atoms with E-state index in [1.54, 1.807) is 12.1 Å². The largest absolute Gasteiger partial charge is 0.493 e. The molecule has 0 aromatic heterocycles. The average molecular weight is 431 g/mol. The molecule has 1 amide bonds. The first-order valence-electron chi connectivity index (χ1n) is 9.84. The summed E-state index contributed by atoms with van der Waals surface area (Å²) in [6.45, 7) is 1.07. The zero-order valence-corrected chi connectivity index (χ0v) is 17.7. The van der Waals surface area contributed by atoms with E-state index in [1.165, 1.54) is 45.6 Å². The molecule has 0 bridgehead atoms. The molecule has 2 aromatic rings. The van der Waals surface area contributed by atoms with Gasteiger partial charge >= 0.3 is 0 Å². The maximum atomic E-state index is 13.6. The molecule has 0 spiro atoms. The lowest BCUT2D eigenvalue weighted by atomic mass is 10.1. The molecule has 9 heteroatoms. The van der Waals surface area contributed by atoms with Crippen LogP contribution in [0.4, 0.5) is 10.1 Å². The van der Waals surface area contributed by atoms with Crippen LogP contribution in [0.5, 0.6) is 17.2 Å². The second-order valence-electron chi connectivity index (χ2n) is 6.83. The molecule has 3 rings (SSSR count). The van der Waals surface area contributed by atoms with Crippen molar-refractivity contribution >= 4 is 17.6 Å². The number of hydrogen-bond acceptors (Lipinski definition) is 6. The fraction of sp³-hybridized carbons (Fsp3) is 0.364. The summed E-state index contributed by atoms with van der Waals surface area (Å²) >= 11 is 0. The van der Waals surface area contributed by atoms with Crippen LogP contribution in [0.1, 0.15) is 23.2 Å². The number of methoxy groups -OCH3 is 3. The summed E-state index contributed by atoms with van der Waals surface area (Å²) in [5.41, 5.74) is 0.733. The summed E-state index contributed by atoms with van der Waals surface area (Å²) in [6.07, 6.45) is 1.87. The van der Waals surface area contributed by atoms with Crippen molar-refractivity contribution in [3.8, 4) is 17.2 Å². The Bertz CT molecular complexity index is 919. The van der Waals surface area contributed by atoms with E-state index in [0.29, 0.717) is 36.1 Å². The van der Waals surface area contributed by atoms with Crippen LogP contribution in [-0.4, -0.2) is 52.5 Å². The summed E-state index contributed by atoms with van der Waals surface area (Å²) in [6, 6.07) is 8.97. The predicted molar refractivity (Wildman–Crippen MR) is 115 cm³/mol. The SMILES string of the molecule is COc1cc(C(=O)NC(=NCC2CCCO2)Nc2cccc(F)c2)cc(OC)c1OC. The van der Waals surface area contributed by atoms with Gasteiger partial charge in [-0.1, -0.05) is 6.07 Å². The van der Waals surface area contributed by atoms with Crippen LogP contribution in [0.25, 0.3) is 0 Å². The Morgan fingerprint density at radius 3 is 2.48 bits per heavy atom. The Hall–Kier alpha value is -3.33. The monoisotopic (exact) mass is 431 g/mol. The smallest absolute Gasteiger partial charge is 0.258 e. The lowest BCUT2D eigenvalue weighted by Gasteiger charge is -2.16. The molecule has 0 saturated carbocycles. The number of benzene rings is 2. The van der Waals surface area contributed by atoms with Gasteiger partial charge in [-0.05, 0) is 43.2 Å². The maximum Gasteiger partial charge on any atom is 0.258 e. The molecule has 1 heterocycles. The molecule has 1 atom stereocenters. The highest BCUT2D eigenvalue weighted by Gasteiger charge is 2.19. The molecule has 1 aliphatic heterocycles. The molecule has 1 aliphatic rings. The van der Waals surface area contributed by atoms with Crippen LogP contribution in [0.15, 0.2) is 41.4 Å². The number of amides is 1. The summed E-state index contributed by atoms with van der Waals surface area (Å²) in [4.78, 5) is 17.4. The maximum absolute atomic E-state index is 13.6. The highest BCUT2D eigenvalue weighted by atomic mass is 19.1. The Kier molecular flexibility index (Phi) is 7.66. The first-order chi connectivity index (χ1) is 15.0. The van der Waals surface area contributed by atoms with Crippen molar-refractivity contribution in [2.75, 3.05) is 39.8 Å². The molecule has 1 unspecified atom stereocenters. The van der Waals surface area contributed by atoms with E-state index in [-0.39, 0.29) is 17.6 Å². The molecule has 0 radical (unpaired) electrons. The standard InChI is InChI=1S/C22H26FN3O5/c1-28-18-10-14(11-19(29-2)20(18)30-3)21(27)26-22(24-13-17-8-5-9-31-17)25-16-7-4-6-15(23)12-16/h4,6-7,10-12,17H,5,8-9,13H2,1-3H3,(H2,24,25,26,27). The van der Waals surface area contributed by atoms with Crippen LogP contribution >= 0.6 is 0 Å². The summed E-state index contributed by atoms with van der Waals surface area (Å²) < 4.78 is 35.1. The van der Waals surface area contributed by atoms with Gasteiger partial charge in [-0.25, -0.2) is 9.38 Å². The number of ether oxygens (including phenoxy) is 4. The molecule has 8 nitrogen and oxygen atoms in total. The summed E-state index contributed by atoms with van der Waals surface area (Å²) in [5.74, 6) is 0.408. The van der Waals surface area contributed by atoms with Crippen molar-refractivity contribution < 1.29 is 28.1 Å². The van der Waals surface area contributed by atoms with Crippen LogP contribution in [-0.2, 0) is 4.74 Å². The molecule has 166 valence electrons. The van der Waals surface area contributed by atoms with E-state index in [4.69, 9.17) is 18.9 Å². The number of carbonyl (C=O) groups is 1. The predicted octanol–water partition coefficient (Wildman–Crippen LogP) is 3.23. The van der Waals surface area contributed by atoms with E-state index in [0.717, 1.165) is 12.8 Å². The number of nitrogens with zero attached hydrogens (tertiary/aromatic N) is 1. The number of guanidine groups is 1. The van der Waals surface area contributed by atoms with E-state index >= 15 is 0 Å². The van der Waals surface area contributed by atoms with Crippen molar-refractivity contribution in [1.82, 2.24) is 5.32 Å². The number of nitrogens with one attached hydrogen (secondary N) is 2. The molecule has 1 fully saturated rings. The molecule has 2 N–H and O–H groups in total. The van der Waals surface area contributed by atoms with Gasteiger partial charge in [-0.3, -0.25) is 10.1 Å². The first-order valence-corrected chi connectivity index (χ1v) is 9.84. The van der Waals surface area contributed by atoms with Gasteiger partial charge in [0.05, 0.1) is 34.0 Å². The molecule has 31 heavy (non-hydrogen) atoms. The van der Waals surface area contributed by atoms with Crippen molar-refractivity contribution in [2.24, 2.45) is 4.99 Å². The molecular formula is C22H26FN3O5. The molecule has 0 aliphatic carbocycles. The Morgan fingerprint density at radius 1 is 1.16 bits per heavy atom. The van der Waals surface area contributed by atoms with E-state index in [1.807, 2.05) is 0 Å². The topological polar surface area (TPSA) is 90.4 Å². The van der Waals surface area contributed by atoms with Gasteiger partial charge in [0, 0.05) is 17.9 Å². The number of carbonyl (C=O) groups excluding carboxylic acids is 1. The lowest BCUT2D eigenvalue weighted by Crippen LogP contribution is -2.36. The van der Waals surface area contributed by atoms with Gasteiger partial charge in [0.15, 0.2) is 11.5 Å². The highest BCUT2D eigenvalue weighted by Crippen LogP contribution is 2.38. The van der Waals surface area contributed by atoms with Gasteiger partial charge in [-0.15, -0.1) is 0 Å². The zero-order chi connectivity index (χ0) is 22.2. The summed E-state index contributed by atoms with van der Waals surface area (Å²) in [5, 5.41) is 5.69. The first kappa shape index (κ1) is 22.4. The number of halogens is 1. The molecule has 1 saturated heterocycles. The van der Waals surface area contributed by atoms with Crippen molar-refractivity contribution in [1.29, 1.82) is 0 Å². The van der Waals surface area contributed by atoms with Gasteiger partial charge in [0.2, 0.25) is 11.7 Å². The van der Waals surface area contributed by atoms with Crippen molar-refractivity contribution in [3.63, 3.8) is 0 Å². The summed E-state index contributed by atoms with van der Waals surface area (Å²) in [7, 11) is 4.43. The number of rotatable bonds is 7. The quantitative estimate of drug-likeness (QED) is 0.517. The van der Waals surface area contributed by atoms with Crippen LogP contribution in [0.3, 0.4) is 0 Å². The van der Waals surface area contributed by atoms with Crippen LogP contribution in [0, 0.1) is 5.82 Å². The third-order valence-corrected chi connectivity index (χ3v) is 4.72. The van der Waals surface area contributed by atoms with Crippen molar-refractivity contribution in [3.05, 3.63) is 47.8 Å². The minimum absolute atomic E-state index is 0.0117. The fourth-order valence-corrected chi connectivity index (χ4v) is 3.19. The normalized spacial score (nSPS) is 16.0. The van der Waals surface area contributed by atoms with E-state index in [9.17, 15) is 9.18 Å². The van der Waals surface area contributed by atoms with E-state index < -0.39 is 11.7 Å².